The molecule has 4 fully saturated rings. The lowest BCUT2D eigenvalue weighted by Gasteiger charge is -2.57. The van der Waals surface area contributed by atoms with Gasteiger partial charge in [-0.3, -0.25) is 10.6 Å². The molecular formula is C14H25N3O. The van der Waals surface area contributed by atoms with Crippen molar-refractivity contribution in [2.24, 2.45) is 23.6 Å². The van der Waals surface area contributed by atoms with Crippen molar-refractivity contribution in [1.82, 2.24) is 10.7 Å². The Morgan fingerprint density at radius 2 is 1.56 bits per heavy atom. The number of nitrogens with one attached hydrogen (secondary N) is 2. The van der Waals surface area contributed by atoms with Crippen molar-refractivity contribution < 1.29 is 4.79 Å². The molecule has 0 atom stereocenters. The van der Waals surface area contributed by atoms with Crippen LogP contribution in [0, 0.1) is 17.8 Å². The third-order valence-electron chi connectivity index (χ3n) is 5.35. The van der Waals surface area contributed by atoms with Gasteiger partial charge >= 0.3 is 0 Å². The lowest BCUT2D eigenvalue weighted by Crippen LogP contribution is -2.65. The normalized spacial score (nSPS) is 42.1. The molecule has 4 rings (SSSR count). The van der Waals surface area contributed by atoms with E-state index in [1.807, 2.05) is 13.8 Å². The Labute approximate surface area is 109 Å². The van der Waals surface area contributed by atoms with Crippen LogP contribution in [0.15, 0.2) is 0 Å². The zero-order chi connectivity index (χ0) is 13.0. The van der Waals surface area contributed by atoms with Gasteiger partial charge in [0.05, 0.1) is 0 Å². The van der Waals surface area contributed by atoms with E-state index in [-0.39, 0.29) is 11.4 Å². The van der Waals surface area contributed by atoms with E-state index in [0.29, 0.717) is 0 Å². The fraction of sp³-hybridized carbons (Fsp3) is 0.929. The Hall–Kier alpha value is -0.610. The fourth-order valence-corrected chi connectivity index (χ4v) is 4.73. The number of carbonyl (C=O) groups excluding carboxylic acids is 1. The molecule has 102 valence electrons. The van der Waals surface area contributed by atoms with E-state index in [1.54, 1.807) is 0 Å². The summed E-state index contributed by atoms with van der Waals surface area (Å²) >= 11 is 0. The molecule has 0 heterocycles. The van der Waals surface area contributed by atoms with Crippen LogP contribution in [0.3, 0.4) is 0 Å². The molecule has 4 bridgehead atoms. The van der Waals surface area contributed by atoms with Crippen LogP contribution in [-0.4, -0.2) is 17.0 Å². The number of nitrogens with two attached hydrogens (primary N) is 1. The first-order chi connectivity index (χ1) is 8.42. The summed E-state index contributed by atoms with van der Waals surface area (Å²) in [6.45, 7) is 3.67. The number of hydrogen-bond donors (Lipinski definition) is 3. The quantitative estimate of drug-likeness (QED) is 0.523. The Morgan fingerprint density at radius 3 is 1.94 bits per heavy atom. The Bertz CT molecular complexity index is 329. The number of hydrogen-bond acceptors (Lipinski definition) is 3. The fourth-order valence-electron chi connectivity index (χ4n) is 4.73. The lowest BCUT2D eigenvalue weighted by atomic mass is 9.53. The Kier molecular flexibility index (Phi) is 2.72. The molecule has 4 heteroatoms. The molecule has 18 heavy (non-hydrogen) atoms. The van der Waals surface area contributed by atoms with Gasteiger partial charge in [-0.2, -0.15) is 0 Å². The van der Waals surface area contributed by atoms with Crippen molar-refractivity contribution in [2.75, 3.05) is 0 Å². The van der Waals surface area contributed by atoms with Gasteiger partial charge in [0.2, 0.25) is 5.91 Å². The zero-order valence-electron chi connectivity index (χ0n) is 11.5. The van der Waals surface area contributed by atoms with Crippen molar-refractivity contribution >= 4 is 5.91 Å². The van der Waals surface area contributed by atoms with E-state index in [2.05, 4.69) is 10.7 Å². The van der Waals surface area contributed by atoms with E-state index in [4.69, 9.17) is 5.84 Å². The lowest BCUT2D eigenvalue weighted by molar-refractivity contribution is -0.132. The smallest absolute Gasteiger partial charge is 0.241 e. The van der Waals surface area contributed by atoms with Gasteiger partial charge in [0.1, 0.15) is 5.54 Å². The molecule has 0 radical (unpaired) electrons. The molecule has 4 nitrogen and oxygen atoms in total. The highest BCUT2D eigenvalue weighted by atomic mass is 16.2. The van der Waals surface area contributed by atoms with Crippen LogP contribution in [0.5, 0.6) is 0 Å². The van der Waals surface area contributed by atoms with Crippen LogP contribution in [0.1, 0.15) is 52.4 Å². The standard InChI is InChI=1S/C14H25N3O/c1-13(2,17-15)12(18)16-14-6-9-3-10(7-14)5-11(4-9)8-14/h9-11,17H,3-8,15H2,1-2H3,(H,16,18). The molecule has 0 spiro atoms. The maximum Gasteiger partial charge on any atom is 0.241 e. The number of rotatable bonds is 3. The predicted octanol–water partition coefficient (Wildman–Crippen LogP) is 1.31. The zero-order valence-corrected chi connectivity index (χ0v) is 11.5. The van der Waals surface area contributed by atoms with Gasteiger partial charge < -0.3 is 5.32 Å². The maximum atomic E-state index is 12.3. The van der Waals surface area contributed by atoms with Crippen molar-refractivity contribution in [1.29, 1.82) is 0 Å². The van der Waals surface area contributed by atoms with Gasteiger partial charge in [0.25, 0.3) is 0 Å². The first-order valence-electron chi connectivity index (χ1n) is 7.23. The minimum absolute atomic E-state index is 0.0481. The number of amides is 1. The molecule has 1 amide bonds. The summed E-state index contributed by atoms with van der Waals surface area (Å²) in [7, 11) is 0. The van der Waals surface area contributed by atoms with Crippen LogP contribution in [-0.2, 0) is 4.79 Å². The Morgan fingerprint density at radius 1 is 1.11 bits per heavy atom. The van der Waals surface area contributed by atoms with Crippen LogP contribution in [0.2, 0.25) is 0 Å². The van der Waals surface area contributed by atoms with Gasteiger partial charge in [-0.25, -0.2) is 5.43 Å². The summed E-state index contributed by atoms with van der Waals surface area (Å²) in [6.07, 6.45) is 7.75. The average Bonchev–Trinajstić information content (AvgIpc) is 2.26. The minimum Gasteiger partial charge on any atom is -0.349 e. The highest BCUT2D eigenvalue weighted by Gasteiger charge is 2.52. The van der Waals surface area contributed by atoms with Crippen LogP contribution in [0.25, 0.3) is 0 Å². The third kappa shape index (κ3) is 1.95. The molecule has 4 aliphatic rings. The topological polar surface area (TPSA) is 67.1 Å². The first-order valence-corrected chi connectivity index (χ1v) is 7.23. The third-order valence-corrected chi connectivity index (χ3v) is 5.35. The second-order valence-corrected chi connectivity index (χ2v) is 7.42. The van der Waals surface area contributed by atoms with Crippen LogP contribution in [0.4, 0.5) is 0 Å². The van der Waals surface area contributed by atoms with Crippen molar-refractivity contribution in [3.63, 3.8) is 0 Å². The molecule has 4 aliphatic carbocycles. The van der Waals surface area contributed by atoms with Crippen molar-refractivity contribution in [3.05, 3.63) is 0 Å². The highest BCUT2D eigenvalue weighted by Crippen LogP contribution is 2.55. The van der Waals surface area contributed by atoms with Gasteiger partial charge in [-0.15, -0.1) is 0 Å². The number of hydrazine groups is 1. The summed E-state index contributed by atoms with van der Waals surface area (Å²) in [6, 6.07) is 0. The summed E-state index contributed by atoms with van der Waals surface area (Å²) in [4.78, 5) is 12.3. The second-order valence-electron chi connectivity index (χ2n) is 7.42. The summed E-state index contributed by atoms with van der Waals surface area (Å²) in [5.74, 6) is 8.07. The van der Waals surface area contributed by atoms with Gasteiger partial charge in [0.15, 0.2) is 0 Å². The SMILES string of the molecule is CC(C)(NN)C(=O)NC12CC3CC(CC(C3)C1)C2. The van der Waals surface area contributed by atoms with Crippen molar-refractivity contribution in [3.8, 4) is 0 Å². The molecule has 0 aliphatic heterocycles. The molecule has 4 saturated carbocycles. The van der Waals surface area contributed by atoms with Crippen LogP contribution >= 0.6 is 0 Å². The van der Waals surface area contributed by atoms with E-state index in [1.165, 1.54) is 38.5 Å². The van der Waals surface area contributed by atoms with Crippen molar-refractivity contribution in [2.45, 2.75) is 63.5 Å². The highest BCUT2D eigenvalue weighted by molar-refractivity contribution is 5.86. The molecule has 0 unspecified atom stereocenters. The second kappa shape index (κ2) is 3.94. The minimum atomic E-state index is -0.677. The largest absolute Gasteiger partial charge is 0.349 e. The molecule has 0 aromatic rings. The molecule has 0 aromatic heterocycles. The van der Waals surface area contributed by atoms with E-state index >= 15 is 0 Å². The van der Waals surface area contributed by atoms with E-state index < -0.39 is 5.54 Å². The van der Waals surface area contributed by atoms with Gasteiger partial charge in [-0.1, -0.05) is 0 Å². The molecule has 0 aromatic carbocycles. The molecule has 4 N–H and O–H groups in total. The number of carbonyl (C=O) groups is 1. The van der Waals surface area contributed by atoms with E-state index in [9.17, 15) is 4.79 Å². The molecule has 0 saturated heterocycles. The monoisotopic (exact) mass is 251 g/mol. The Balaban J connectivity index is 1.74. The molecular weight excluding hydrogens is 226 g/mol. The summed E-state index contributed by atoms with van der Waals surface area (Å²) in [5.41, 5.74) is 2.02. The average molecular weight is 251 g/mol. The summed E-state index contributed by atoms with van der Waals surface area (Å²) < 4.78 is 0. The van der Waals surface area contributed by atoms with Gasteiger partial charge in [0, 0.05) is 5.54 Å². The first kappa shape index (κ1) is 12.4. The van der Waals surface area contributed by atoms with Crippen LogP contribution < -0.4 is 16.6 Å². The van der Waals surface area contributed by atoms with E-state index in [0.717, 1.165) is 17.8 Å². The predicted molar refractivity (Wildman–Crippen MR) is 70.4 cm³/mol. The summed E-state index contributed by atoms with van der Waals surface area (Å²) in [5, 5.41) is 3.33. The van der Waals surface area contributed by atoms with Gasteiger partial charge in [-0.05, 0) is 70.1 Å². The maximum absolute atomic E-state index is 12.3.